The second kappa shape index (κ2) is 8.75. The number of carbonyl (C=O) groups is 1. The van der Waals surface area contributed by atoms with E-state index in [1.165, 1.54) is 8.61 Å². The first-order valence-electron chi connectivity index (χ1n) is 8.03. The molecule has 1 unspecified atom stereocenters. The first-order chi connectivity index (χ1) is 11.1. The van der Waals surface area contributed by atoms with E-state index < -0.39 is 16.3 Å². The van der Waals surface area contributed by atoms with Crippen molar-refractivity contribution in [1.82, 2.24) is 18.8 Å². The number of hydrogen-bond donors (Lipinski definition) is 1. The van der Waals surface area contributed by atoms with Gasteiger partial charge in [0.05, 0.1) is 19.8 Å². The van der Waals surface area contributed by atoms with E-state index in [1.54, 1.807) is 4.90 Å². The lowest BCUT2D eigenvalue weighted by Gasteiger charge is -2.38. The molecular weight excluding hydrogens is 360 g/mol. The van der Waals surface area contributed by atoms with E-state index in [9.17, 15) is 13.2 Å². The van der Waals surface area contributed by atoms with Crippen LogP contribution in [-0.2, 0) is 24.5 Å². The standard InChI is InChI=1S/C13H24N4O5S.ClH/c18-13(12-11-14-1-8-22-12)15-2-4-16(5-3-15)23(19,20)17-6-9-21-10-7-17;/h12,14H,1-11H2;1H. The topological polar surface area (TPSA) is 91.4 Å². The molecule has 9 nitrogen and oxygen atoms in total. The molecule has 1 N–H and O–H groups in total. The zero-order valence-electron chi connectivity index (χ0n) is 13.6. The van der Waals surface area contributed by atoms with Gasteiger partial charge in [-0.05, 0) is 0 Å². The van der Waals surface area contributed by atoms with Crippen molar-refractivity contribution in [3.05, 3.63) is 0 Å². The minimum absolute atomic E-state index is 0. The lowest BCUT2D eigenvalue weighted by atomic mass is 10.2. The summed E-state index contributed by atoms with van der Waals surface area (Å²) in [6.45, 7) is 4.92. The number of nitrogens with one attached hydrogen (secondary N) is 1. The van der Waals surface area contributed by atoms with Crippen LogP contribution in [0, 0.1) is 0 Å². The van der Waals surface area contributed by atoms with E-state index in [4.69, 9.17) is 9.47 Å². The van der Waals surface area contributed by atoms with Crippen LogP contribution in [0.25, 0.3) is 0 Å². The fourth-order valence-corrected chi connectivity index (χ4v) is 4.57. The molecule has 0 aliphatic carbocycles. The third-order valence-electron chi connectivity index (χ3n) is 4.38. The van der Waals surface area contributed by atoms with E-state index in [0.717, 1.165) is 6.54 Å². The van der Waals surface area contributed by atoms with E-state index in [1.807, 2.05) is 0 Å². The summed E-state index contributed by atoms with van der Waals surface area (Å²) >= 11 is 0. The predicted molar refractivity (Wildman–Crippen MR) is 89.3 cm³/mol. The highest BCUT2D eigenvalue weighted by Gasteiger charge is 2.35. The molecule has 3 saturated heterocycles. The molecule has 3 fully saturated rings. The smallest absolute Gasteiger partial charge is 0.282 e. The van der Waals surface area contributed by atoms with Crippen LogP contribution in [0.3, 0.4) is 0 Å². The summed E-state index contributed by atoms with van der Waals surface area (Å²) in [6, 6.07) is 0. The van der Waals surface area contributed by atoms with Crippen LogP contribution in [0.5, 0.6) is 0 Å². The van der Waals surface area contributed by atoms with Crippen molar-refractivity contribution in [2.24, 2.45) is 0 Å². The summed E-state index contributed by atoms with van der Waals surface area (Å²) in [5, 5.41) is 3.13. The Kier molecular flexibility index (Phi) is 7.23. The van der Waals surface area contributed by atoms with Crippen molar-refractivity contribution in [2.45, 2.75) is 6.10 Å². The van der Waals surface area contributed by atoms with Crippen LogP contribution in [0.4, 0.5) is 0 Å². The first kappa shape index (κ1) is 19.8. The van der Waals surface area contributed by atoms with E-state index in [0.29, 0.717) is 65.6 Å². The molecule has 0 bridgehead atoms. The van der Waals surface area contributed by atoms with Crippen molar-refractivity contribution in [1.29, 1.82) is 0 Å². The maximum absolute atomic E-state index is 12.6. The third kappa shape index (κ3) is 4.37. The van der Waals surface area contributed by atoms with Gasteiger partial charge in [0.15, 0.2) is 0 Å². The third-order valence-corrected chi connectivity index (χ3v) is 6.41. The molecule has 0 aromatic rings. The Morgan fingerprint density at radius 2 is 1.58 bits per heavy atom. The molecule has 0 aromatic carbocycles. The molecule has 1 amide bonds. The Labute approximate surface area is 148 Å². The van der Waals surface area contributed by atoms with Crippen LogP contribution in [0.15, 0.2) is 0 Å². The van der Waals surface area contributed by atoms with E-state index in [-0.39, 0.29) is 18.3 Å². The molecule has 140 valence electrons. The SMILES string of the molecule is Cl.O=C(C1CNCCO1)N1CCN(S(=O)(=O)N2CCOCC2)CC1. The summed E-state index contributed by atoms with van der Waals surface area (Å²) in [7, 11) is -3.45. The lowest BCUT2D eigenvalue weighted by molar-refractivity contribution is -0.146. The molecule has 3 rings (SSSR count). The summed E-state index contributed by atoms with van der Waals surface area (Å²) in [5.41, 5.74) is 0. The fourth-order valence-electron chi connectivity index (χ4n) is 3.01. The second-order valence-corrected chi connectivity index (χ2v) is 7.74. The number of halogens is 1. The molecule has 11 heteroatoms. The van der Waals surface area contributed by atoms with Gasteiger partial charge in [-0.25, -0.2) is 0 Å². The van der Waals surface area contributed by atoms with Crippen LogP contribution in [0.2, 0.25) is 0 Å². The normalized spacial score (nSPS) is 27.5. The molecule has 0 spiro atoms. The number of rotatable bonds is 3. The monoisotopic (exact) mass is 384 g/mol. The fraction of sp³-hybridized carbons (Fsp3) is 0.923. The molecule has 0 aromatic heterocycles. The van der Waals surface area contributed by atoms with E-state index in [2.05, 4.69) is 5.32 Å². The van der Waals surface area contributed by atoms with Gasteiger partial charge < -0.3 is 19.7 Å². The number of hydrogen-bond acceptors (Lipinski definition) is 6. The van der Waals surface area contributed by atoms with Gasteiger partial charge in [0.1, 0.15) is 6.10 Å². The minimum atomic E-state index is -3.45. The highest BCUT2D eigenvalue weighted by atomic mass is 35.5. The van der Waals surface area contributed by atoms with Gasteiger partial charge in [-0.3, -0.25) is 4.79 Å². The van der Waals surface area contributed by atoms with Gasteiger partial charge in [0, 0.05) is 52.4 Å². The second-order valence-electron chi connectivity index (χ2n) is 5.81. The zero-order valence-corrected chi connectivity index (χ0v) is 15.2. The zero-order chi connectivity index (χ0) is 16.3. The number of carbonyl (C=O) groups excluding carboxylic acids is 1. The number of nitrogens with zero attached hydrogens (tertiary/aromatic N) is 3. The predicted octanol–water partition coefficient (Wildman–Crippen LogP) is -1.88. The van der Waals surface area contributed by atoms with Crippen LogP contribution >= 0.6 is 12.4 Å². The maximum Gasteiger partial charge on any atom is 0.282 e. The molecule has 0 saturated carbocycles. The largest absolute Gasteiger partial charge is 0.379 e. The van der Waals surface area contributed by atoms with Crippen LogP contribution in [0.1, 0.15) is 0 Å². The van der Waals surface area contributed by atoms with Crippen molar-refractivity contribution in [3.63, 3.8) is 0 Å². The number of piperazine rings is 1. The summed E-state index contributed by atoms with van der Waals surface area (Å²) in [6.07, 6.45) is -0.453. The van der Waals surface area contributed by atoms with Gasteiger partial charge in [-0.1, -0.05) is 0 Å². The van der Waals surface area contributed by atoms with Gasteiger partial charge >= 0.3 is 0 Å². The maximum atomic E-state index is 12.6. The van der Waals surface area contributed by atoms with Gasteiger partial charge in [0.2, 0.25) is 0 Å². The van der Waals surface area contributed by atoms with Crippen LogP contribution in [-0.4, -0.2) is 106 Å². The number of ether oxygens (including phenoxy) is 2. The van der Waals surface area contributed by atoms with Crippen molar-refractivity contribution in [2.75, 3.05) is 72.2 Å². The van der Waals surface area contributed by atoms with Gasteiger partial charge in [-0.2, -0.15) is 17.0 Å². The van der Waals surface area contributed by atoms with Gasteiger partial charge in [0.25, 0.3) is 16.1 Å². The van der Waals surface area contributed by atoms with Crippen molar-refractivity contribution < 1.29 is 22.7 Å². The Morgan fingerprint density at radius 1 is 0.958 bits per heavy atom. The van der Waals surface area contributed by atoms with Gasteiger partial charge in [-0.15, -0.1) is 12.4 Å². The Morgan fingerprint density at radius 3 is 2.17 bits per heavy atom. The van der Waals surface area contributed by atoms with Crippen molar-refractivity contribution >= 4 is 28.5 Å². The molecule has 3 aliphatic rings. The molecule has 0 radical (unpaired) electrons. The number of amides is 1. The van der Waals surface area contributed by atoms with E-state index >= 15 is 0 Å². The lowest BCUT2D eigenvalue weighted by Crippen LogP contribution is -2.58. The first-order valence-corrected chi connectivity index (χ1v) is 9.43. The molecule has 1 atom stereocenters. The Balaban J connectivity index is 0.00000208. The van der Waals surface area contributed by atoms with Crippen molar-refractivity contribution in [3.8, 4) is 0 Å². The average Bonchev–Trinajstić information content (AvgIpc) is 2.63. The summed E-state index contributed by atoms with van der Waals surface area (Å²) in [5.74, 6) is -0.0550. The molecule has 24 heavy (non-hydrogen) atoms. The Bertz CT molecular complexity index is 514. The average molecular weight is 385 g/mol. The summed E-state index contributed by atoms with van der Waals surface area (Å²) < 4.78 is 38.7. The quantitative estimate of drug-likeness (QED) is 0.612. The molecule has 3 aliphatic heterocycles. The summed E-state index contributed by atoms with van der Waals surface area (Å²) in [4.78, 5) is 14.1. The Hall–Kier alpha value is -0.490. The van der Waals surface area contributed by atoms with Crippen LogP contribution < -0.4 is 5.32 Å². The molecule has 3 heterocycles. The minimum Gasteiger partial charge on any atom is -0.379 e. The highest BCUT2D eigenvalue weighted by Crippen LogP contribution is 2.15. The highest BCUT2D eigenvalue weighted by molar-refractivity contribution is 7.86. The number of morpholine rings is 2. The molecular formula is C13H25ClN4O5S.